The zero-order valence-corrected chi connectivity index (χ0v) is 36.7. The van der Waals surface area contributed by atoms with Gasteiger partial charge in [-0.05, 0) is 61.6 Å². The highest BCUT2D eigenvalue weighted by molar-refractivity contribution is 7.86. The van der Waals surface area contributed by atoms with Gasteiger partial charge in [0.2, 0.25) is 11.4 Å². The van der Waals surface area contributed by atoms with E-state index in [1.807, 2.05) is 11.2 Å². The number of nitrogens with zero attached hydrogens (tertiary/aromatic N) is 2. The maximum absolute atomic E-state index is 10.7. The monoisotopic (exact) mass is 784 g/mol. The maximum atomic E-state index is 10.7. The molecule has 0 atom stereocenters. The molecule has 55 heavy (non-hydrogen) atoms. The molecule has 5 nitrogen and oxygen atoms in total. The number of rotatable bonds is 7. The molecule has 2 aromatic carbocycles. The predicted octanol–water partition coefficient (Wildman–Crippen LogP) is 11.6. The summed E-state index contributed by atoms with van der Waals surface area (Å²) >= 11 is 0. The molecule has 4 aliphatic rings. The van der Waals surface area contributed by atoms with Gasteiger partial charge in [-0.3, -0.25) is 0 Å². The Hall–Kier alpha value is -2.46. The van der Waals surface area contributed by atoms with E-state index in [4.69, 9.17) is 13.0 Å². The van der Waals surface area contributed by atoms with Crippen molar-refractivity contribution >= 4 is 40.0 Å². The largest absolute Gasteiger partial charge is 0.741 e. The molecule has 2 saturated carbocycles. The van der Waals surface area contributed by atoms with Crippen LogP contribution in [0.5, 0.6) is 0 Å². The molecule has 0 bridgehead atoms. The van der Waals surface area contributed by atoms with Gasteiger partial charge in [0.05, 0.1) is 0 Å². The van der Waals surface area contributed by atoms with Crippen molar-refractivity contribution in [1.29, 1.82) is 0 Å². The highest BCUT2D eigenvalue weighted by Crippen LogP contribution is 2.56. The number of aryl methyl sites for hydroxylation is 1. The van der Waals surface area contributed by atoms with Gasteiger partial charge in [0.1, 0.15) is 0 Å². The Morgan fingerprint density at radius 1 is 0.636 bits per heavy atom. The van der Waals surface area contributed by atoms with Gasteiger partial charge in [0, 0.05) is 73.6 Å². The first-order valence-corrected chi connectivity index (χ1v) is 22.7. The van der Waals surface area contributed by atoms with Crippen LogP contribution in [0.4, 0.5) is 24.5 Å². The number of halogens is 3. The van der Waals surface area contributed by atoms with E-state index < -0.39 is 22.9 Å². The van der Waals surface area contributed by atoms with Crippen LogP contribution < -0.4 is 0 Å². The van der Waals surface area contributed by atoms with E-state index in [-0.39, 0.29) is 11.1 Å². The van der Waals surface area contributed by atoms with Gasteiger partial charge in [-0.25, -0.2) is 17.6 Å². The normalized spacial score (nSPS) is 22.0. The van der Waals surface area contributed by atoms with Gasteiger partial charge in [0.25, 0.3) is 0 Å². The van der Waals surface area contributed by atoms with Crippen molar-refractivity contribution in [2.45, 2.75) is 188 Å². The molecule has 0 radical (unpaired) electrons. The van der Waals surface area contributed by atoms with Crippen molar-refractivity contribution in [3.05, 3.63) is 58.7 Å². The Labute approximate surface area is 331 Å². The van der Waals surface area contributed by atoms with Crippen molar-refractivity contribution < 1.29 is 35.3 Å². The van der Waals surface area contributed by atoms with Gasteiger partial charge in [-0.1, -0.05) is 116 Å². The highest BCUT2D eigenvalue weighted by atomic mass is 32.2. The molecule has 10 heteroatoms. The molecule has 2 fully saturated rings. The smallest absolute Gasteiger partial charge is 0.485 e. The molecule has 0 unspecified atom stereocenters. The summed E-state index contributed by atoms with van der Waals surface area (Å²) in [6.45, 7) is 27.4. The number of hydrogen-bond donors (Lipinski definition) is 0. The number of hydrogen-bond acceptors (Lipinski definition) is 3. The molecule has 0 amide bonds. The zero-order chi connectivity index (χ0) is 40.9. The first kappa shape index (κ1) is 43.7. The lowest BCUT2D eigenvalue weighted by Gasteiger charge is -2.38. The molecular weight excluding hydrogens is 716 g/mol. The highest BCUT2D eigenvalue weighted by Gasteiger charge is 2.59. The third-order valence-corrected chi connectivity index (χ3v) is 14.6. The van der Waals surface area contributed by atoms with Crippen LogP contribution in [0.1, 0.15) is 186 Å². The minimum absolute atomic E-state index is 0.107. The van der Waals surface area contributed by atoms with E-state index in [2.05, 4.69) is 122 Å². The Balaban J connectivity index is 0.000000654. The SMILES string of the molecule is Cc1cccc(C(C)C)c1[N+]1=C([BH2-]C2=[N+](c3c(C(C)C)cccc3C(C)C)C(C)(C)CC23CCCCC3)C2(CCCCC2)CC1(C)C.O=S(=O)([O-])C(F)(F)F. The molecule has 0 N–H and O–H groups in total. The van der Waals surface area contributed by atoms with Crippen LogP contribution in [0.25, 0.3) is 0 Å². The molecule has 306 valence electrons. The van der Waals surface area contributed by atoms with Crippen LogP contribution >= 0.6 is 0 Å². The molecule has 2 spiro atoms. The van der Waals surface area contributed by atoms with Gasteiger partial charge in [-0.15, -0.1) is 0 Å². The summed E-state index contributed by atoms with van der Waals surface area (Å²) in [6.07, 6.45) is 16.6. The molecular formula is C45H68BF3N2O3S. The van der Waals surface area contributed by atoms with Crippen LogP contribution in [0.15, 0.2) is 36.4 Å². The second-order valence-corrected chi connectivity index (χ2v) is 21.3. The van der Waals surface area contributed by atoms with Gasteiger partial charge < -0.3 is 4.55 Å². The van der Waals surface area contributed by atoms with Gasteiger partial charge in [-0.2, -0.15) is 13.2 Å². The zero-order valence-electron chi connectivity index (χ0n) is 35.8. The average Bonchev–Trinajstić information content (AvgIpc) is 3.40. The molecule has 0 saturated heterocycles. The average molecular weight is 785 g/mol. The Morgan fingerprint density at radius 3 is 1.31 bits per heavy atom. The summed E-state index contributed by atoms with van der Waals surface area (Å²) in [5.74, 6) is 1.52. The lowest BCUT2D eigenvalue weighted by atomic mass is 9.47. The maximum Gasteiger partial charge on any atom is 0.485 e. The van der Waals surface area contributed by atoms with Gasteiger partial charge >= 0.3 is 5.51 Å². The molecule has 2 aliphatic heterocycles. The number of para-hydroxylation sites is 2. The van der Waals surface area contributed by atoms with E-state index in [9.17, 15) is 13.2 Å². The minimum atomic E-state index is -6.09. The van der Waals surface area contributed by atoms with E-state index in [1.165, 1.54) is 82.6 Å². The number of alkyl halides is 3. The number of benzene rings is 2. The minimum Gasteiger partial charge on any atom is -0.741 e. The Morgan fingerprint density at radius 2 is 0.964 bits per heavy atom. The Bertz CT molecular complexity index is 1890. The second-order valence-electron chi connectivity index (χ2n) is 19.9. The first-order valence-electron chi connectivity index (χ1n) is 21.3. The van der Waals surface area contributed by atoms with Crippen molar-refractivity contribution in [2.24, 2.45) is 10.8 Å². The van der Waals surface area contributed by atoms with Gasteiger partial charge in [0.15, 0.2) is 28.5 Å². The van der Waals surface area contributed by atoms with Crippen LogP contribution in [0.2, 0.25) is 0 Å². The van der Waals surface area contributed by atoms with E-state index in [1.54, 1.807) is 28.1 Å². The predicted molar refractivity (Wildman–Crippen MR) is 222 cm³/mol. The molecule has 2 aliphatic carbocycles. The summed E-state index contributed by atoms with van der Waals surface area (Å²) in [4.78, 5) is 0. The molecule has 2 heterocycles. The van der Waals surface area contributed by atoms with E-state index in [0.29, 0.717) is 28.6 Å². The summed E-state index contributed by atoms with van der Waals surface area (Å²) in [6, 6.07) is 14.4. The summed E-state index contributed by atoms with van der Waals surface area (Å²) in [5.41, 5.74) is 8.34. The molecule has 6 rings (SSSR count). The van der Waals surface area contributed by atoms with E-state index in [0.717, 1.165) is 0 Å². The van der Waals surface area contributed by atoms with Crippen LogP contribution in [0.3, 0.4) is 0 Å². The van der Waals surface area contributed by atoms with Crippen molar-refractivity contribution in [2.75, 3.05) is 0 Å². The van der Waals surface area contributed by atoms with Crippen molar-refractivity contribution in [1.82, 2.24) is 0 Å². The second kappa shape index (κ2) is 15.7. The summed E-state index contributed by atoms with van der Waals surface area (Å²) in [7, 11) is -6.71. The third kappa shape index (κ3) is 8.43. The fourth-order valence-corrected chi connectivity index (χ4v) is 12.1. The quantitative estimate of drug-likeness (QED) is 0.122. The molecule has 2 aromatic rings. The van der Waals surface area contributed by atoms with Crippen LogP contribution in [0, 0.1) is 17.8 Å². The topological polar surface area (TPSA) is 63.2 Å². The standard InChI is InChI=1S/C44H68BN2.CHF3O3S/c1-30(2)34-21-18-20-33(7)37(34)46-39(43(28-41(46,8)9)24-14-12-15-25-43)45-40-44(26-16-13-17-27-44)29-42(10,11)47(40)38-35(31(3)4)22-19-23-36(38)32(5)6;2-1(3,4)8(5,6)7/h18-23,30-32H,12-17,24-29,45H2,1-11H3;(H,5,6,7)/q+1;/p-1. The van der Waals surface area contributed by atoms with Crippen LogP contribution in [-0.2, 0) is 10.1 Å². The summed E-state index contributed by atoms with van der Waals surface area (Å²) in [5, 5.41) is 0. The van der Waals surface area contributed by atoms with E-state index >= 15 is 0 Å². The molecule has 0 aromatic heterocycles. The fourth-order valence-electron chi connectivity index (χ4n) is 12.1. The summed E-state index contributed by atoms with van der Waals surface area (Å²) < 4.78 is 65.0. The Kier molecular flexibility index (Phi) is 12.5. The third-order valence-electron chi connectivity index (χ3n) is 14.0. The fraction of sp³-hybridized carbons (Fsp3) is 0.689. The van der Waals surface area contributed by atoms with Crippen molar-refractivity contribution in [3.63, 3.8) is 0 Å². The lowest BCUT2D eigenvalue weighted by molar-refractivity contribution is -0.516. The van der Waals surface area contributed by atoms with Crippen LogP contribution in [-0.4, -0.2) is 57.2 Å². The van der Waals surface area contributed by atoms with Crippen molar-refractivity contribution in [3.8, 4) is 0 Å². The lowest BCUT2D eigenvalue weighted by Crippen LogP contribution is -2.46. The first-order chi connectivity index (χ1) is 25.4.